The summed E-state index contributed by atoms with van der Waals surface area (Å²) in [6.45, 7) is 8.48. The Morgan fingerprint density at radius 2 is 1.34 bits per heavy atom. The molecule has 0 radical (unpaired) electrons. The van der Waals surface area contributed by atoms with Gasteiger partial charge in [-0.3, -0.25) is 5.10 Å². The average Bonchev–Trinajstić information content (AvgIpc) is 3.52. The van der Waals surface area contributed by atoms with E-state index in [0.717, 1.165) is 35.9 Å². The molecule has 178 valence electrons. The van der Waals surface area contributed by atoms with Crippen LogP contribution < -0.4 is 4.74 Å². The third kappa shape index (κ3) is 4.52. The maximum absolute atomic E-state index is 5.40. The Bertz CT molecular complexity index is 1380. The quantitative estimate of drug-likeness (QED) is 0.330. The number of rotatable bonds is 7. The first-order chi connectivity index (χ1) is 16.9. The Labute approximate surface area is 206 Å². The molecule has 0 fully saturated rings. The molecule has 5 rings (SSSR count). The van der Waals surface area contributed by atoms with Crippen LogP contribution in [0.3, 0.4) is 0 Å². The van der Waals surface area contributed by atoms with Crippen molar-refractivity contribution >= 4 is 0 Å². The fraction of sp³-hybridized carbons (Fsp3) is 0.241. The maximum Gasteiger partial charge on any atom is 0.139 e. The third-order valence-corrected chi connectivity index (χ3v) is 6.58. The van der Waals surface area contributed by atoms with Gasteiger partial charge in [0, 0.05) is 41.3 Å². The van der Waals surface area contributed by atoms with Gasteiger partial charge in [-0.2, -0.15) is 5.10 Å². The van der Waals surface area contributed by atoms with Gasteiger partial charge in [0.1, 0.15) is 17.4 Å². The number of aromatic amines is 1. The van der Waals surface area contributed by atoms with Crippen LogP contribution in [0.25, 0.3) is 11.6 Å². The number of methoxy groups -OCH3 is 1. The Hall–Kier alpha value is -4.06. The molecule has 1 aromatic carbocycles. The molecule has 0 amide bonds. The number of ether oxygens (including phenoxy) is 1. The lowest BCUT2D eigenvalue weighted by atomic mass is 10.0. The summed E-state index contributed by atoms with van der Waals surface area (Å²) < 4.78 is 9.83. The van der Waals surface area contributed by atoms with Crippen molar-refractivity contribution in [3.05, 3.63) is 112 Å². The summed E-state index contributed by atoms with van der Waals surface area (Å²) in [7, 11) is 1.70. The van der Waals surface area contributed by atoms with Crippen LogP contribution in [0, 0.1) is 27.7 Å². The lowest BCUT2D eigenvalue weighted by molar-refractivity contribution is 0.414. The molecule has 6 heteroatoms. The van der Waals surface area contributed by atoms with Gasteiger partial charge < -0.3 is 13.9 Å². The van der Waals surface area contributed by atoms with Crippen molar-refractivity contribution in [2.45, 2.75) is 40.5 Å². The number of nitrogens with zero attached hydrogens (tertiary/aromatic N) is 4. The summed E-state index contributed by atoms with van der Waals surface area (Å²) in [5, 5.41) is 7.59. The number of benzene rings is 1. The Morgan fingerprint density at radius 3 is 1.91 bits per heavy atom. The standard InChI is InChI=1S/C29H31N5O/c1-19-9-10-20(2)33(19)28-16-24(17-29(31-28)34-21(3)11-12-22(34)4)13-25-18-30-32-27(25)15-23-7-6-8-26(14-23)35-5/h6-12,14,16-18H,13,15H2,1-5H3,(H,30,32). The van der Waals surface area contributed by atoms with E-state index in [0.29, 0.717) is 0 Å². The molecule has 4 aromatic heterocycles. The van der Waals surface area contributed by atoms with Crippen molar-refractivity contribution < 1.29 is 4.74 Å². The van der Waals surface area contributed by atoms with Gasteiger partial charge in [0.25, 0.3) is 0 Å². The first kappa shape index (κ1) is 22.7. The van der Waals surface area contributed by atoms with Crippen molar-refractivity contribution in [2.24, 2.45) is 0 Å². The van der Waals surface area contributed by atoms with Gasteiger partial charge in [0.2, 0.25) is 0 Å². The number of H-pyrrole nitrogens is 1. The molecule has 0 spiro atoms. The van der Waals surface area contributed by atoms with Crippen molar-refractivity contribution in [2.75, 3.05) is 7.11 Å². The predicted molar refractivity (Wildman–Crippen MR) is 139 cm³/mol. The van der Waals surface area contributed by atoms with Gasteiger partial charge in [0.05, 0.1) is 13.3 Å². The summed E-state index contributed by atoms with van der Waals surface area (Å²) >= 11 is 0. The highest BCUT2D eigenvalue weighted by atomic mass is 16.5. The van der Waals surface area contributed by atoms with E-state index in [2.05, 4.69) is 95.6 Å². The summed E-state index contributed by atoms with van der Waals surface area (Å²) in [6, 6.07) is 21.1. The fourth-order valence-electron chi connectivity index (χ4n) is 4.80. The van der Waals surface area contributed by atoms with Gasteiger partial charge in [-0.1, -0.05) is 12.1 Å². The normalized spacial score (nSPS) is 11.2. The highest BCUT2D eigenvalue weighted by Gasteiger charge is 2.15. The van der Waals surface area contributed by atoms with Crippen LogP contribution in [0.1, 0.15) is 45.2 Å². The largest absolute Gasteiger partial charge is 0.497 e. The monoisotopic (exact) mass is 465 g/mol. The Kier molecular flexibility index (Phi) is 6.03. The first-order valence-corrected chi connectivity index (χ1v) is 11.9. The summed E-state index contributed by atoms with van der Waals surface area (Å²) in [6.07, 6.45) is 3.47. The minimum absolute atomic E-state index is 0.761. The van der Waals surface area contributed by atoms with Gasteiger partial charge >= 0.3 is 0 Å². The number of nitrogens with one attached hydrogen (secondary N) is 1. The fourth-order valence-corrected chi connectivity index (χ4v) is 4.80. The second kappa shape index (κ2) is 9.29. The number of hydrogen-bond donors (Lipinski definition) is 1. The summed E-state index contributed by atoms with van der Waals surface area (Å²) in [4.78, 5) is 5.09. The zero-order valence-corrected chi connectivity index (χ0v) is 21.0. The SMILES string of the molecule is COc1cccc(Cc2[nH]ncc2Cc2cc(-n3c(C)ccc3C)nc(-n3c(C)ccc3C)c2)c1. The molecular formula is C29H31N5O. The van der Waals surface area contributed by atoms with Gasteiger partial charge in [-0.25, -0.2) is 4.98 Å². The van der Waals surface area contributed by atoms with Crippen LogP contribution in [-0.2, 0) is 12.8 Å². The van der Waals surface area contributed by atoms with Crippen LogP contribution in [0.15, 0.2) is 66.9 Å². The van der Waals surface area contributed by atoms with E-state index in [1.807, 2.05) is 18.3 Å². The van der Waals surface area contributed by atoms with Gasteiger partial charge in [-0.05, 0) is 92.9 Å². The average molecular weight is 466 g/mol. The van der Waals surface area contributed by atoms with Crippen LogP contribution in [0.2, 0.25) is 0 Å². The van der Waals surface area contributed by atoms with E-state index in [4.69, 9.17) is 9.72 Å². The molecule has 35 heavy (non-hydrogen) atoms. The zero-order chi connectivity index (χ0) is 24.5. The lowest BCUT2D eigenvalue weighted by Gasteiger charge is -2.16. The highest BCUT2D eigenvalue weighted by molar-refractivity contribution is 5.45. The van der Waals surface area contributed by atoms with Crippen LogP contribution in [0.4, 0.5) is 0 Å². The molecule has 6 nitrogen and oxygen atoms in total. The minimum atomic E-state index is 0.761. The topological polar surface area (TPSA) is 60.7 Å². The van der Waals surface area contributed by atoms with Crippen molar-refractivity contribution in [1.82, 2.24) is 24.3 Å². The molecule has 0 unspecified atom stereocenters. The number of aromatic nitrogens is 5. The maximum atomic E-state index is 5.40. The molecule has 0 aliphatic heterocycles. The molecular weight excluding hydrogens is 434 g/mol. The van der Waals surface area contributed by atoms with E-state index in [9.17, 15) is 0 Å². The molecule has 0 bridgehead atoms. The van der Waals surface area contributed by atoms with E-state index in [1.54, 1.807) is 7.11 Å². The van der Waals surface area contributed by atoms with Crippen molar-refractivity contribution in [1.29, 1.82) is 0 Å². The molecule has 1 N–H and O–H groups in total. The van der Waals surface area contributed by atoms with Crippen LogP contribution >= 0.6 is 0 Å². The molecule has 5 aromatic rings. The van der Waals surface area contributed by atoms with E-state index < -0.39 is 0 Å². The van der Waals surface area contributed by atoms with Crippen LogP contribution in [0.5, 0.6) is 5.75 Å². The zero-order valence-electron chi connectivity index (χ0n) is 21.0. The second-order valence-corrected chi connectivity index (χ2v) is 9.17. The van der Waals surface area contributed by atoms with E-state index in [1.165, 1.54) is 39.5 Å². The lowest BCUT2D eigenvalue weighted by Crippen LogP contribution is -2.09. The number of pyridine rings is 1. The van der Waals surface area contributed by atoms with Crippen molar-refractivity contribution in [3.8, 4) is 17.4 Å². The highest BCUT2D eigenvalue weighted by Crippen LogP contribution is 2.24. The minimum Gasteiger partial charge on any atom is -0.497 e. The Balaban J connectivity index is 1.55. The molecule has 0 atom stereocenters. The number of aryl methyl sites for hydroxylation is 4. The third-order valence-electron chi connectivity index (χ3n) is 6.58. The number of hydrogen-bond acceptors (Lipinski definition) is 3. The van der Waals surface area contributed by atoms with E-state index >= 15 is 0 Å². The van der Waals surface area contributed by atoms with Crippen molar-refractivity contribution in [3.63, 3.8) is 0 Å². The molecule has 0 aliphatic rings. The molecule has 0 aliphatic carbocycles. The van der Waals surface area contributed by atoms with E-state index in [-0.39, 0.29) is 0 Å². The van der Waals surface area contributed by atoms with Crippen LogP contribution in [-0.4, -0.2) is 31.4 Å². The summed E-state index contributed by atoms with van der Waals surface area (Å²) in [5.74, 6) is 2.73. The summed E-state index contributed by atoms with van der Waals surface area (Å²) in [5.41, 5.74) is 9.34. The van der Waals surface area contributed by atoms with Gasteiger partial charge in [-0.15, -0.1) is 0 Å². The molecule has 0 saturated carbocycles. The Morgan fingerprint density at radius 1 is 0.743 bits per heavy atom. The first-order valence-electron chi connectivity index (χ1n) is 11.9. The second-order valence-electron chi connectivity index (χ2n) is 9.17. The van der Waals surface area contributed by atoms with Gasteiger partial charge in [0.15, 0.2) is 0 Å². The molecule has 0 saturated heterocycles. The molecule has 4 heterocycles. The smallest absolute Gasteiger partial charge is 0.139 e. The predicted octanol–water partition coefficient (Wildman–Crippen LogP) is 5.81.